The first-order valence-electron chi connectivity index (χ1n) is 8.12. The van der Waals surface area contributed by atoms with Gasteiger partial charge in [0, 0.05) is 17.8 Å². The summed E-state index contributed by atoms with van der Waals surface area (Å²) in [5.41, 5.74) is 3.44. The molecule has 0 bridgehead atoms. The standard InChI is InChI=1S/C18H24O/c1-18-11-10-14-13-5-3-2-4-12(13)6-7-15(14)16(18)8-9-17(18)19/h4,10,13,15-16H,2-3,5-9,11H2,1H3/t13-,15+,16-,18-/m0/s1. The maximum atomic E-state index is 12.2. The highest BCUT2D eigenvalue weighted by atomic mass is 16.1. The van der Waals surface area contributed by atoms with Crippen LogP contribution in [-0.4, -0.2) is 5.78 Å². The van der Waals surface area contributed by atoms with Gasteiger partial charge >= 0.3 is 0 Å². The third-order valence-corrected chi connectivity index (χ3v) is 6.51. The van der Waals surface area contributed by atoms with E-state index >= 15 is 0 Å². The number of hydrogen-bond acceptors (Lipinski definition) is 1. The van der Waals surface area contributed by atoms with Crippen LogP contribution < -0.4 is 0 Å². The zero-order valence-electron chi connectivity index (χ0n) is 12.0. The van der Waals surface area contributed by atoms with Gasteiger partial charge in [0.05, 0.1) is 0 Å². The van der Waals surface area contributed by atoms with Crippen molar-refractivity contribution in [2.24, 2.45) is 23.2 Å². The summed E-state index contributed by atoms with van der Waals surface area (Å²) >= 11 is 0. The second-order valence-electron chi connectivity index (χ2n) is 7.30. The first-order valence-corrected chi connectivity index (χ1v) is 8.12. The van der Waals surface area contributed by atoms with E-state index in [0.29, 0.717) is 11.7 Å². The fraction of sp³-hybridized carbons (Fsp3) is 0.722. The van der Waals surface area contributed by atoms with Crippen LogP contribution in [0.15, 0.2) is 23.3 Å². The molecule has 0 amide bonds. The molecule has 1 nitrogen and oxygen atoms in total. The Labute approximate surface area is 116 Å². The molecule has 2 fully saturated rings. The van der Waals surface area contributed by atoms with Crippen LogP contribution in [0.1, 0.15) is 58.3 Å². The maximum absolute atomic E-state index is 12.2. The van der Waals surface area contributed by atoms with Crippen molar-refractivity contribution in [1.29, 1.82) is 0 Å². The average molecular weight is 256 g/mol. The van der Waals surface area contributed by atoms with Crippen LogP contribution in [0.3, 0.4) is 0 Å². The lowest BCUT2D eigenvalue weighted by Crippen LogP contribution is -2.40. The van der Waals surface area contributed by atoms with E-state index in [1.165, 1.54) is 32.1 Å². The van der Waals surface area contributed by atoms with Crippen LogP contribution in [0.5, 0.6) is 0 Å². The third-order valence-electron chi connectivity index (χ3n) is 6.51. The van der Waals surface area contributed by atoms with Gasteiger partial charge in [-0.15, -0.1) is 0 Å². The zero-order valence-corrected chi connectivity index (χ0v) is 12.0. The van der Waals surface area contributed by atoms with Gasteiger partial charge in [-0.25, -0.2) is 0 Å². The van der Waals surface area contributed by atoms with Gasteiger partial charge in [-0.05, 0) is 56.8 Å². The largest absolute Gasteiger partial charge is 0.299 e. The topological polar surface area (TPSA) is 17.1 Å². The fourth-order valence-electron chi connectivity index (χ4n) is 5.41. The van der Waals surface area contributed by atoms with Crippen molar-refractivity contribution in [3.8, 4) is 0 Å². The van der Waals surface area contributed by atoms with Crippen LogP contribution >= 0.6 is 0 Å². The predicted molar refractivity (Wildman–Crippen MR) is 76.7 cm³/mol. The van der Waals surface area contributed by atoms with Crippen molar-refractivity contribution in [1.82, 2.24) is 0 Å². The van der Waals surface area contributed by atoms with E-state index in [-0.39, 0.29) is 5.41 Å². The summed E-state index contributed by atoms with van der Waals surface area (Å²) in [6.45, 7) is 2.24. The van der Waals surface area contributed by atoms with Gasteiger partial charge in [-0.1, -0.05) is 30.2 Å². The first kappa shape index (κ1) is 11.9. The highest BCUT2D eigenvalue weighted by molar-refractivity contribution is 5.87. The molecule has 4 aliphatic rings. The number of ketones is 1. The van der Waals surface area contributed by atoms with Crippen molar-refractivity contribution >= 4 is 5.78 Å². The molecule has 4 rings (SSSR count). The Morgan fingerprint density at radius 3 is 2.95 bits per heavy atom. The Kier molecular flexibility index (Phi) is 2.56. The third kappa shape index (κ3) is 1.57. The smallest absolute Gasteiger partial charge is 0.139 e. The van der Waals surface area contributed by atoms with Crippen LogP contribution in [0.25, 0.3) is 0 Å². The molecule has 1 heteroatoms. The van der Waals surface area contributed by atoms with Crippen molar-refractivity contribution in [2.45, 2.75) is 58.3 Å². The molecule has 0 aromatic carbocycles. The Bertz CT molecular complexity index is 484. The summed E-state index contributed by atoms with van der Waals surface area (Å²) in [4.78, 5) is 12.2. The molecule has 0 aromatic rings. The number of Topliss-reactive ketones (excluding diaryl/α,β-unsaturated/α-hetero) is 1. The molecule has 0 radical (unpaired) electrons. The van der Waals surface area contributed by atoms with E-state index in [4.69, 9.17) is 0 Å². The number of carbonyl (C=O) groups is 1. The van der Waals surface area contributed by atoms with E-state index in [9.17, 15) is 4.79 Å². The van der Waals surface area contributed by atoms with Crippen LogP contribution in [0, 0.1) is 23.2 Å². The number of carbonyl (C=O) groups excluding carboxylic acids is 1. The quantitative estimate of drug-likeness (QED) is 0.586. The molecule has 19 heavy (non-hydrogen) atoms. The normalized spacial score (nSPS) is 44.9. The summed E-state index contributed by atoms with van der Waals surface area (Å²) in [5.74, 6) is 2.68. The zero-order chi connectivity index (χ0) is 13.0. The van der Waals surface area contributed by atoms with Crippen LogP contribution in [0.2, 0.25) is 0 Å². The summed E-state index contributed by atoms with van der Waals surface area (Å²) in [6, 6.07) is 0. The number of rotatable bonds is 0. The highest BCUT2D eigenvalue weighted by Gasteiger charge is 2.52. The predicted octanol–water partition coefficient (Wildman–Crippen LogP) is 4.44. The van der Waals surface area contributed by atoms with Gasteiger partial charge in [0.1, 0.15) is 5.78 Å². The molecule has 0 saturated heterocycles. The van der Waals surface area contributed by atoms with Gasteiger partial charge in [-0.2, -0.15) is 0 Å². The van der Waals surface area contributed by atoms with Crippen molar-refractivity contribution in [2.75, 3.05) is 0 Å². The molecule has 102 valence electrons. The second-order valence-corrected chi connectivity index (χ2v) is 7.30. The molecular weight excluding hydrogens is 232 g/mol. The second kappa shape index (κ2) is 4.07. The summed E-state index contributed by atoms with van der Waals surface area (Å²) in [6.07, 6.45) is 14.6. The Hall–Kier alpha value is -0.850. The molecule has 0 N–H and O–H groups in total. The molecule has 0 spiro atoms. The van der Waals surface area contributed by atoms with Gasteiger partial charge in [-0.3, -0.25) is 4.79 Å². The number of fused-ring (bicyclic) bond motifs is 5. The van der Waals surface area contributed by atoms with E-state index in [1.54, 1.807) is 11.1 Å². The number of hydrogen-bond donors (Lipinski definition) is 0. The minimum absolute atomic E-state index is 0.00987. The molecule has 0 heterocycles. The van der Waals surface area contributed by atoms with Gasteiger partial charge < -0.3 is 0 Å². The summed E-state index contributed by atoms with van der Waals surface area (Å²) < 4.78 is 0. The summed E-state index contributed by atoms with van der Waals surface area (Å²) in [5, 5.41) is 0. The molecular formula is C18H24O. The average Bonchev–Trinajstić information content (AvgIpc) is 2.75. The SMILES string of the molecule is C[C@]12CC=C3[C@H]4CCCC=C4CC[C@H]3[C@@H]1CCC2=O. The highest BCUT2D eigenvalue weighted by Crippen LogP contribution is 2.58. The summed E-state index contributed by atoms with van der Waals surface area (Å²) in [7, 11) is 0. The van der Waals surface area contributed by atoms with E-state index in [1.807, 2.05) is 0 Å². The van der Waals surface area contributed by atoms with Crippen molar-refractivity contribution < 1.29 is 4.79 Å². The van der Waals surface area contributed by atoms with Gasteiger partial charge in [0.2, 0.25) is 0 Å². The lowest BCUT2D eigenvalue weighted by atomic mass is 9.57. The Morgan fingerprint density at radius 2 is 2.05 bits per heavy atom. The van der Waals surface area contributed by atoms with E-state index in [2.05, 4.69) is 19.1 Å². The van der Waals surface area contributed by atoms with E-state index < -0.39 is 0 Å². The van der Waals surface area contributed by atoms with Crippen LogP contribution in [-0.2, 0) is 4.79 Å². The van der Waals surface area contributed by atoms with Gasteiger partial charge in [0.15, 0.2) is 0 Å². The molecule has 4 aliphatic carbocycles. The molecule has 2 saturated carbocycles. The molecule has 4 atom stereocenters. The van der Waals surface area contributed by atoms with Crippen molar-refractivity contribution in [3.05, 3.63) is 23.3 Å². The Balaban J connectivity index is 1.73. The fourth-order valence-corrected chi connectivity index (χ4v) is 5.41. The Morgan fingerprint density at radius 1 is 1.16 bits per heavy atom. The lowest BCUT2D eigenvalue weighted by molar-refractivity contribution is -0.127. The number of allylic oxidation sites excluding steroid dienone is 4. The molecule has 0 aliphatic heterocycles. The molecule has 0 unspecified atom stereocenters. The minimum Gasteiger partial charge on any atom is -0.299 e. The van der Waals surface area contributed by atoms with Crippen LogP contribution in [0.4, 0.5) is 0 Å². The maximum Gasteiger partial charge on any atom is 0.139 e. The lowest BCUT2D eigenvalue weighted by Gasteiger charge is -2.47. The molecule has 0 aromatic heterocycles. The van der Waals surface area contributed by atoms with Gasteiger partial charge in [0.25, 0.3) is 0 Å². The monoisotopic (exact) mass is 256 g/mol. The first-order chi connectivity index (χ1) is 9.20. The van der Waals surface area contributed by atoms with E-state index in [0.717, 1.165) is 31.1 Å². The minimum atomic E-state index is -0.00987. The van der Waals surface area contributed by atoms with Crippen molar-refractivity contribution in [3.63, 3.8) is 0 Å².